The van der Waals surface area contributed by atoms with Gasteiger partial charge in [-0.2, -0.15) is 0 Å². The minimum Gasteiger partial charge on any atom is -0.388 e. The van der Waals surface area contributed by atoms with Crippen molar-refractivity contribution in [3.63, 3.8) is 0 Å². The Kier molecular flexibility index (Phi) is 3.53. The summed E-state index contributed by atoms with van der Waals surface area (Å²) in [6, 6.07) is 0.669. The number of nitrogens with zero attached hydrogens (tertiary/aromatic N) is 1. The summed E-state index contributed by atoms with van der Waals surface area (Å²) in [5.41, 5.74) is 5.32. The highest BCUT2D eigenvalue weighted by atomic mass is 15.1. The van der Waals surface area contributed by atoms with E-state index >= 15 is 0 Å². The highest BCUT2D eigenvalue weighted by Crippen LogP contribution is 2.18. The first-order valence-electron chi connectivity index (χ1n) is 4.73. The zero-order valence-corrected chi connectivity index (χ0v) is 7.84. The second-order valence-electron chi connectivity index (χ2n) is 3.69. The van der Waals surface area contributed by atoms with Crippen molar-refractivity contribution in [1.82, 2.24) is 4.90 Å². The first-order valence-corrected chi connectivity index (χ1v) is 4.73. The van der Waals surface area contributed by atoms with Gasteiger partial charge in [-0.1, -0.05) is 6.42 Å². The Balaban J connectivity index is 2.24. The summed E-state index contributed by atoms with van der Waals surface area (Å²) in [4.78, 5) is 2.40. The number of hydrogen-bond donors (Lipinski definition) is 2. The van der Waals surface area contributed by atoms with E-state index in [0.717, 1.165) is 12.8 Å². The third-order valence-corrected chi connectivity index (χ3v) is 2.67. The van der Waals surface area contributed by atoms with E-state index in [2.05, 4.69) is 11.9 Å². The molecular formula is C9H19N3. The molecule has 0 spiro atoms. The van der Waals surface area contributed by atoms with Crippen LogP contribution in [0.3, 0.4) is 0 Å². The maximum atomic E-state index is 7.14. The van der Waals surface area contributed by atoms with E-state index in [1.807, 2.05) is 0 Å². The van der Waals surface area contributed by atoms with Crippen LogP contribution in [-0.4, -0.2) is 30.4 Å². The average Bonchev–Trinajstić information content (AvgIpc) is 2.03. The van der Waals surface area contributed by atoms with E-state index in [4.69, 9.17) is 11.1 Å². The zero-order chi connectivity index (χ0) is 8.97. The number of nitrogens with one attached hydrogen (secondary N) is 1. The lowest BCUT2D eigenvalue weighted by atomic mass is 9.98. The highest BCUT2D eigenvalue weighted by Gasteiger charge is 2.18. The van der Waals surface area contributed by atoms with E-state index in [0.29, 0.717) is 11.9 Å². The van der Waals surface area contributed by atoms with Crippen LogP contribution in [0.25, 0.3) is 0 Å². The fourth-order valence-electron chi connectivity index (χ4n) is 1.83. The molecule has 1 rings (SSSR count). The van der Waals surface area contributed by atoms with E-state index in [1.165, 1.54) is 25.8 Å². The molecule has 1 aliphatic rings. The van der Waals surface area contributed by atoms with Crippen molar-refractivity contribution in [2.75, 3.05) is 13.6 Å². The summed E-state index contributed by atoms with van der Waals surface area (Å²) in [6.07, 6.45) is 5.77. The molecule has 1 heterocycles. The summed E-state index contributed by atoms with van der Waals surface area (Å²) < 4.78 is 0. The van der Waals surface area contributed by atoms with Gasteiger partial charge in [0.1, 0.15) is 0 Å². The van der Waals surface area contributed by atoms with Gasteiger partial charge in [-0.15, -0.1) is 0 Å². The molecule has 3 heteroatoms. The minimum absolute atomic E-state index is 0.328. The van der Waals surface area contributed by atoms with Gasteiger partial charge in [-0.05, 0) is 32.9 Å². The van der Waals surface area contributed by atoms with Gasteiger partial charge in [0.2, 0.25) is 0 Å². The second kappa shape index (κ2) is 4.45. The first-order chi connectivity index (χ1) is 5.70. The predicted octanol–water partition coefficient (Wildman–Crippen LogP) is 1.19. The molecule has 1 unspecified atom stereocenters. The van der Waals surface area contributed by atoms with Gasteiger partial charge in [0, 0.05) is 12.5 Å². The molecule has 3 N–H and O–H groups in total. The second-order valence-corrected chi connectivity index (χ2v) is 3.69. The summed E-state index contributed by atoms with van der Waals surface area (Å²) in [5.74, 6) is 0.328. The Bertz CT molecular complexity index is 156. The number of amidine groups is 1. The Morgan fingerprint density at radius 2 is 2.33 bits per heavy atom. The maximum absolute atomic E-state index is 7.14. The lowest BCUT2D eigenvalue weighted by molar-refractivity contribution is 0.178. The van der Waals surface area contributed by atoms with E-state index in [1.54, 1.807) is 0 Å². The molecule has 1 saturated heterocycles. The van der Waals surface area contributed by atoms with Crippen molar-refractivity contribution in [3.05, 3.63) is 0 Å². The van der Waals surface area contributed by atoms with Gasteiger partial charge >= 0.3 is 0 Å². The molecule has 3 nitrogen and oxygen atoms in total. The van der Waals surface area contributed by atoms with E-state index in [9.17, 15) is 0 Å². The molecule has 12 heavy (non-hydrogen) atoms. The van der Waals surface area contributed by atoms with Gasteiger partial charge in [0.15, 0.2) is 0 Å². The highest BCUT2D eigenvalue weighted by molar-refractivity contribution is 5.76. The molecule has 70 valence electrons. The van der Waals surface area contributed by atoms with Crippen LogP contribution in [-0.2, 0) is 0 Å². The number of likely N-dealkylation sites (tertiary alicyclic amines) is 1. The van der Waals surface area contributed by atoms with Crippen molar-refractivity contribution in [2.45, 2.75) is 38.1 Å². The van der Waals surface area contributed by atoms with Gasteiger partial charge in [-0.25, -0.2) is 0 Å². The molecule has 1 fully saturated rings. The number of piperidine rings is 1. The lowest BCUT2D eigenvalue weighted by Crippen LogP contribution is -2.36. The average molecular weight is 169 g/mol. The van der Waals surface area contributed by atoms with Gasteiger partial charge in [-0.3, -0.25) is 5.41 Å². The third kappa shape index (κ3) is 2.81. The van der Waals surface area contributed by atoms with Crippen LogP contribution < -0.4 is 5.73 Å². The maximum Gasteiger partial charge on any atom is 0.0905 e. The fourth-order valence-corrected chi connectivity index (χ4v) is 1.83. The van der Waals surface area contributed by atoms with Crippen LogP contribution in [0.1, 0.15) is 32.1 Å². The van der Waals surface area contributed by atoms with Crippen LogP contribution in [0, 0.1) is 5.41 Å². The summed E-state index contributed by atoms with van der Waals surface area (Å²) in [6.45, 7) is 1.21. The minimum atomic E-state index is 0.328. The standard InChI is InChI=1S/C9H19N3/c1-12-7-3-2-4-8(12)5-6-9(10)11/h8H,2-7H2,1H3,(H3,10,11). The monoisotopic (exact) mass is 169 g/mol. The van der Waals surface area contributed by atoms with E-state index in [-0.39, 0.29) is 0 Å². The topological polar surface area (TPSA) is 53.1 Å². The van der Waals surface area contributed by atoms with Crippen molar-refractivity contribution < 1.29 is 0 Å². The smallest absolute Gasteiger partial charge is 0.0905 e. The van der Waals surface area contributed by atoms with Crippen molar-refractivity contribution >= 4 is 5.84 Å². The quantitative estimate of drug-likeness (QED) is 0.492. The molecule has 0 saturated carbocycles. The molecule has 0 bridgehead atoms. The lowest BCUT2D eigenvalue weighted by Gasteiger charge is -2.32. The van der Waals surface area contributed by atoms with Crippen LogP contribution >= 0.6 is 0 Å². The molecule has 0 amide bonds. The summed E-state index contributed by atoms with van der Waals surface area (Å²) >= 11 is 0. The van der Waals surface area contributed by atoms with Crippen LogP contribution in [0.5, 0.6) is 0 Å². The van der Waals surface area contributed by atoms with Crippen LogP contribution in [0.15, 0.2) is 0 Å². The van der Waals surface area contributed by atoms with Crippen molar-refractivity contribution in [1.29, 1.82) is 5.41 Å². The molecule has 1 aliphatic heterocycles. The predicted molar refractivity (Wildman–Crippen MR) is 51.4 cm³/mol. The molecule has 0 radical (unpaired) electrons. The SMILES string of the molecule is CN1CCCCC1CCC(=N)N. The number of nitrogens with two attached hydrogens (primary N) is 1. The molecule has 0 aliphatic carbocycles. The summed E-state index contributed by atoms with van der Waals surface area (Å²) in [7, 11) is 2.17. The summed E-state index contributed by atoms with van der Waals surface area (Å²) in [5, 5.41) is 7.14. The van der Waals surface area contributed by atoms with Crippen molar-refractivity contribution in [3.8, 4) is 0 Å². The number of hydrogen-bond acceptors (Lipinski definition) is 2. The normalized spacial score (nSPS) is 25.6. The van der Waals surface area contributed by atoms with Gasteiger partial charge < -0.3 is 10.6 Å². The Labute approximate surface area is 74.4 Å². The largest absolute Gasteiger partial charge is 0.388 e. The van der Waals surface area contributed by atoms with Gasteiger partial charge in [0.05, 0.1) is 5.84 Å². The zero-order valence-electron chi connectivity index (χ0n) is 7.84. The van der Waals surface area contributed by atoms with Crippen molar-refractivity contribution in [2.24, 2.45) is 5.73 Å². The Morgan fingerprint density at radius 3 is 2.92 bits per heavy atom. The Hall–Kier alpha value is -0.570. The number of rotatable bonds is 3. The van der Waals surface area contributed by atoms with E-state index < -0.39 is 0 Å². The van der Waals surface area contributed by atoms with Crippen LogP contribution in [0.4, 0.5) is 0 Å². The van der Waals surface area contributed by atoms with Gasteiger partial charge in [0.25, 0.3) is 0 Å². The molecule has 0 aromatic heterocycles. The molecule has 0 aromatic rings. The molecule has 0 aromatic carbocycles. The molecule has 1 atom stereocenters. The fraction of sp³-hybridized carbons (Fsp3) is 0.889. The third-order valence-electron chi connectivity index (χ3n) is 2.67. The van der Waals surface area contributed by atoms with Crippen LogP contribution in [0.2, 0.25) is 0 Å². The Morgan fingerprint density at radius 1 is 1.58 bits per heavy atom. The first kappa shape index (κ1) is 9.52. The molecular weight excluding hydrogens is 150 g/mol.